The smallest absolute Gasteiger partial charge is 0.246 e. The fourth-order valence-corrected chi connectivity index (χ4v) is 3.34. The summed E-state index contributed by atoms with van der Waals surface area (Å²) in [6.07, 6.45) is 4.94. The molecule has 1 N–H and O–H groups in total. The highest BCUT2D eigenvalue weighted by Gasteiger charge is 2.37. The largest absolute Gasteiger partial charge is 0.302 e. The van der Waals surface area contributed by atoms with Gasteiger partial charge in [0.25, 0.3) is 0 Å². The SMILES string of the molecule is CCN1C(=O)[C@H](C=N[C@H]2CCC[C@H](C)[C@@H]2C)C(=O)NC1=S. The lowest BCUT2D eigenvalue weighted by Crippen LogP contribution is -2.58. The molecule has 0 aromatic heterocycles. The molecule has 0 spiro atoms. The molecule has 2 rings (SSSR count). The molecular weight excluding hydrogens is 286 g/mol. The molecule has 1 saturated carbocycles. The molecule has 2 fully saturated rings. The van der Waals surface area contributed by atoms with Gasteiger partial charge in [0.15, 0.2) is 11.0 Å². The van der Waals surface area contributed by atoms with E-state index in [9.17, 15) is 9.59 Å². The molecule has 116 valence electrons. The molecule has 1 aliphatic heterocycles. The van der Waals surface area contributed by atoms with Crippen LogP contribution in [0.1, 0.15) is 40.0 Å². The lowest BCUT2D eigenvalue weighted by atomic mass is 9.78. The average Bonchev–Trinajstić information content (AvgIpc) is 2.43. The lowest BCUT2D eigenvalue weighted by molar-refractivity contribution is -0.137. The van der Waals surface area contributed by atoms with E-state index in [0.717, 1.165) is 12.8 Å². The van der Waals surface area contributed by atoms with Gasteiger partial charge in [0.1, 0.15) is 0 Å². The highest BCUT2D eigenvalue weighted by atomic mass is 32.1. The van der Waals surface area contributed by atoms with Crippen molar-refractivity contribution in [3.63, 3.8) is 0 Å². The predicted molar refractivity (Wildman–Crippen MR) is 86.1 cm³/mol. The Morgan fingerprint density at radius 1 is 1.38 bits per heavy atom. The van der Waals surface area contributed by atoms with Crippen LogP contribution in [-0.2, 0) is 9.59 Å². The summed E-state index contributed by atoms with van der Waals surface area (Å²) in [4.78, 5) is 30.2. The van der Waals surface area contributed by atoms with E-state index in [4.69, 9.17) is 12.2 Å². The zero-order valence-electron chi connectivity index (χ0n) is 12.8. The number of carbonyl (C=O) groups is 2. The summed E-state index contributed by atoms with van der Waals surface area (Å²) in [6, 6.07) is 0.207. The van der Waals surface area contributed by atoms with Crippen molar-refractivity contribution in [2.24, 2.45) is 22.7 Å². The summed E-state index contributed by atoms with van der Waals surface area (Å²) in [5, 5.41) is 2.77. The van der Waals surface area contributed by atoms with Crippen molar-refractivity contribution >= 4 is 35.4 Å². The number of hydrogen-bond acceptors (Lipinski definition) is 4. The summed E-state index contributed by atoms with van der Waals surface area (Å²) in [7, 11) is 0. The molecule has 0 aromatic carbocycles. The lowest BCUT2D eigenvalue weighted by Gasteiger charge is -2.32. The molecule has 1 saturated heterocycles. The summed E-state index contributed by atoms with van der Waals surface area (Å²) in [5.41, 5.74) is 0. The molecule has 6 heteroatoms. The average molecular weight is 309 g/mol. The molecule has 5 nitrogen and oxygen atoms in total. The highest BCUT2D eigenvalue weighted by Crippen LogP contribution is 2.31. The normalized spacial score (nSPS) is 34.4. The number of rotatable bonds is 3. The van der Waals surface area contributed by atoms with Crippen LogP contribution in [-0.4, -0.2) is 40.6 Å². The Balaban J connectivity index is 2.10. The van der Waals surface area contributed by atoms with E-state index in [1.807, 2.05) is 6.92 Å². The van der Waals surface area contributed by atoms with Crippen LogP contribution < -0.4 is 5.32 Å². The Bertz CT molecular complexity index is 478. The molecule has 21 heavy (non-hydrogen) atoms. The Hall–Kier alpha value is -1.30. The molecule has 0 aromatic rings. The summed E-state index contributed by atoms with van der Waals surface area (Å²) < 4.78 is 0. The van der Waals surface area contributed by atoms with Crippen LogP contribution >= 0.6 is 12.2 Å². The predicted octanol–water partition coefficient (Wildman–Crippen LogP) is 1.76. The number of nitrogens with zero attached hydrogens (tertiary/aromatic N) is 2. The van der Waals surface area contributed by atoms with Crippen LogP contribution in [0.2, 0.25) is 0 Å². The first-order chi connectivity index (χ1) is 9.95. The fraction of sp³-hybridized carbons (Fsp3) is 0.733. The van der Waals surface area contributed by atoms with Crippen LogP contribution in [0.15, 0.2) is 4.99 Å². The number of nitrogens with one attached hydrogen (secondary N) is 1. The van der Waals surface area contributed by atoms with Gasteiger partial charge in [-0.25, -0.2) is 0 Å². The van der Waals surface area contributed by atoms with Crippen molar-refractivity contribution in [3.05, 3.63) is 0 Å². The standard InChI is InChI=1S/C15H23N3O2S/c1-4-18-14(20)11(13(19)17-15(18)21)8-16-12-7-5-6-9(2)10(12)3/h8-12H,4-7H2,1-3H3,(H,17,19,21)/t9-,10-,11+,12-/m0/s1. The first-order valence-corrected chi connectivity index (χ1v) is 8.06. The first kappa shape index (κ1) is 16.1. The highest BCUT2D eigenvalue weighted by molar-refractivity contribution is 7.80. The molecule has 2 amide bonds. The van der Waals surface area contributed by atoms with Crippen molar-refractivity contribution in [2.45, 2.75) is 46.1 Å². The second-order valence-corrected chi connectivity index (χ2v) is 6.37. The van der Waals surface area contributed by atoms with Crippen molar-refractivity contribution in [1.29, 1.82) is 0 Å². The number of hydrogen-bond donors (Lipinski definition) is 1. The third-order valence-electron chi connectivity index (χ3n) is 4.70. The van der Waals surface area contributed by atoms with E-state index >= 15 is 0 Å². The number of amides is 2. The van der Waals surface area contributed by atoms with E-state index in [-0.39, 0.29) is 23.0 Å². The minimum atomic E-state index is -0.846. The number of aliphatic imine (C=N–C) groups is 1. The van der Waals surface area contributed by atoms with Gasteiger partial charge in [-0.2, -0.15) is 0 Å². The van der Waals surface area contributed by atoms with Gasteiger partial charge in [0.05, 0.1) is 6.04 Å². The maximum atomic E-state index is 12.3. The molecule has 0 unspecified atom stereocenters. The molecule has 0 bridgehead atoms. The van der Waals surface area contributed by atoms with E-state index in [1.165, 1.54) is 17.5 Å². The van der Waals surface area contributed by atoms with E-state index in [2.05, 4.69) is 24.2 Å². The van der Waals surface area contributed by atoms with Gasteiger partial charge < -0.3 is 5.32 Å². The second kappa shape index (κ2) is 6.64. The Morgan fingerprint density at radius 3 is 2.76 bits per heavy atom. The van der Waals surface area contributed by atoms with Gasteiger partial charge in [-0.05, 0) is 37.4 Å². The quantitative estimate of drug-likeness (QED) is 0.491. The monoisotopic (exact) mass is 309 g/mol. The van der Waals surface area contributed by atoms with Crippen LogP contribution in [0.5, 0.6) is 0 Å². The van der Waals surface area contributed by atoms with Gasteiger partial charge in [-0.1, -0.05) is 26.7 Å². The maximum Gasteiger partial charge on any atom is 0.246 e. The Labute approximate surface area is 131 Å². The second-order valence-electron chi connectivity index (χ2n) is 5.99. The third kappa shape index (κ3) is 3.31. The zero-order chi connectivity index (χ0) is 15.6. The van der Waals surface area contributed by atoms with Gasteiger partial charge in [-0.3, -0.25) is 19.5 Å². The Kier molecular flexibility index (Phi) is 5.08. The van der Waals surface area contributed by atoms with Gasteiger partial charge in [0, 0.05) is 12.8 Å². The Morgan fingerprint density at radius 2 is 2.10 bits per heavy atom. The molecule has 4 atom stereocenters. The zero-order valence-corrected chi connectivity index (χ0v) is 13.7. The first-order valence-electron chi connectivity index (χ1n) is 7.65. The number of thiocarbonyl (C=S) groups is 1. The molecule has 1 aliphatic carbocycles. The van der Waals surface area contributed by atoms with Crippen molar-refractivity contribution in [3.8, 4) is 0 Å². The van der Waals surface area contributed by atoms with E-state index in [0.29, 0.717) is 18.4 Å². The van der Waals surface area contributed by atoms with Crippen molar-refractivity contribution < 1.29 is 9.59 Å². The molecule has 2 aliphatic rings. The maximum absolute atomic E-state index is 12.3. The summed E-state index contributed by atoms with van der Waals surface area (Å²) in [5.74, 6) is -0.362. The molecular formula is C15H23N3O2S. The summed E-state index contributed by atoms with van der Waals surface area (Å²) >= 11 is 5.01. The molecule has 1 heterocycles. The topological polar surface area (TPSA) is 61.8 Å². The van der Waals surface area contributed by atoms with Crippen LogP contribution in [0, 0.1) is 17.8 Å². The molecule has 0 radical (unpaired) electrons. The van der Waals surface area contributed by atoms with Crippen LogP contribution in [0.4, 0.5) is 0 Å². The van der Waals surface area contributed by atoms with Gasteiger partial charge in [-0.15, -0.1) is 0 Å². The van der Waals surface area contributed by atoms with Gasteiger partial charge in [0.2, 0.25) is 11.8 Å². The van der Waals surface area contributed by atoms with E-state index in [1.54, 1.807) is 0 Å². The van der Waals surface area contributed by atoms with Crippen molar-refractivity contribution in [2.75, 3.05) is 6.54 Å². The fourth-order valence-electron chi connectivity index (χ4n) is 3.02. The van der Waals surface area contributed by atoms with Gasteiger partial charge >= 0.3 is 0 Å². The summed E-state index contributed by atoms with van der Waals surface area (Å²) in [6.45, 7) is 6.73. The third-order valence-corrected chi connectivity index (χ3v) is 5.02. The van der Waals surface area contributed by atoms with Crippen molar-refractivity contribution in [1.82, 2.24) is 10.2 Å². The van der Waals surface area contributed by atoms with E-state index < -0.39 is 5.92 Å². The minimum Gasteiger partial charge on any atom is -0.302 e. The number of carbonyl (C=O) groups excluding carboxylic acids is 2. The van der Waals surface area contributed by atoms with Crippen LogP contribution in [0.25, 0.3) is 0 Å². The minimum absolute atomic E-state index is 0.191. The van der Waals surface area contributed by atoms with Crippen LogP contribution in [0.3, 0.4) is 0 Å².